The first-order chi connectivity index (χ1) is 14.5. The number of carbonyl (C=O) groups excluding carboxylic acids is 1. The van der Waals surface area contributed by atoms with Gasteiger partial charge in [0.1, 0.15) is 11.3 Å². The van der Waals surface area contributed by atoms with Gasteiger partial charge in [-0.1, -0.05) is 54.6 Å². The number of furan rings is 1. The number of nitrogens with one attached hydrogen (secondary N) is 1. The Balaban J connectivity index is 1.62. The third-order valence-corrected chi connectivity index (χ3v) is 5.61. The van der Waals surface area contributed by atoms with Crippen molar-refractivity contribution < 1.29 is 13.9 Å². The molecule has 3 aromatic carbocycles. The van der Waals surface area contributed by atoms with E-state index in [1.54, 1.807) is 7.11 Å². The number of hydrogen-bond acceptors (Lipinski definition) is 4. The number of carbonyl (C=O) groups is 1. The monoisotopic (exact) mass is 402 g/mol. The summed E-state index contributed by atoms with van der Waals surface area (Å²) in [4.78, 5) is 15.1. The fourth-order valence-electron chi connectivity index (χ4n) is 3.95. The van der Waals surface area contributed by atoms with Crippen molar-refractivity contribution in [2.24, 2.45) is 0 Å². The van der Waals surface area contributed by atoms with Crippen molar-refractivity contribution in [1.29, 1.82) is 0 Å². The zero-order valence-electron chi connectivity index (χ0n) is 17.7. The molecule has 0 spiro atoms. The molecule has 5 nitrogen and oxygen atoms in total. The normalized spacial score (nSPS) is 12.4. The molecule has 1 atom stereocenters. The predicted octanol–water partition coefficient (Wildman–Crippen LogP) is 4.94. The number of benzene rings is 3. The van der Waals surface area contributed by atoms with E-state index in [0.29, 0.717) is 12.3 Å². The Hall–Kier alpha value is -3.31. The molecule has 1 heterocycles. The standard InChI is InChI=1S/C25H26N2O3/c1-16-18-14-13-17-9-5-6-10-19(17)24(18)30-23(16)25(28)26-15-21(27(2)3)20-11-7-8-12-22(20)29-4/h5-14,21H,15H2,1-4H3,(H,26,28)/t21-/m0/s1. The molecule has 0 aliphatic heterocycles. The van der Waals surface area contributed by atoms with E-state index in [1.807, 2.05) is 75.6 Å². The van der Waals surface area contributed by atoms with E-state index >= 15 is 0 Å². The molecule has 4 aromatic rings. The lowest BCUT2D eigenvalue weighted by Gasteiger charge is -2.26. The highest BCUT2D eigenvalue weighted by molar-refractivity contribution is 6.08. The number of nitrogens with zero attached hydrogens (tertiary/aromatic N) is 1. The minimum Gasteiger partial charge on any atom is -0.496 e. The van der Waals surface area contributed by atoms with Gasteiger partial charge in [0.15, 0.2) is 5.76 Å². The Morgan fingerprint density at radius 3 is 2.53 bits per heavy atom. The van der Waals surface area contributed by atoms with Crippen molar-refractivity contribution in [3.05, 3.63) is 77.6 Å². The summed E-state index contributed by atoms with van der Waals surface area (Å²) in [5.41, 5.74) is 2.63. The van der Waals surface area contributed by atoms with Crippen LogP contribution in [-0.2, 0) is 0 Å². The summed E-state index contributed by atoms with van der Waals surface area (Å²) in [5.74, 6) is 0.949. The van der Waals surface area contributed by atoms with Gasteiger partial charge in [0.25, 0.3) is 5.91 Å². The van der Waals surface area contributed by atoms with Gasteiger partial charge >= 0.3 is 0 Å². The van der Waals surface area contributed by atoms with Crippen LogP contribution in [0.25, 0.3) is 21.7 Å². The van der Waals surface area contributed by atoms with Crippen molar-refractivity contribution in [3.63, 3.8) is 0 Å². The number of hydrogen-bond donors (Lipinski definition) is 1. The molecule has 5 heteroatoms. The van der Waals surface area contributed by atoms with E-state index in [4.69, 9.17) is 9.15 Å². The number of methoxy groups -OCH3 is 1. The molecule has 0 bridgehead atoms. The van der Waals surface area contributed by atoms with E-state index in [9.17, 15) is 4.79 Å². The maximum absolute atomic E-state index is 13.0. The third-order valence-electron chi connectivity index (χ3n) is 5.61. The Bertz CT molecular complexity index is 1210. The lowest BCUT2D eigenvalue weighted by molar-refractivity contribution is 0.0915. The zero-order valence-corrected chi connectivity index (χ0v) is 17.7. The van der Waals surface area contributed by atoms with Gasteiger partial charge in [-0.15, -0.1) is 0 Å². The van der Waals surface area contributed by atoms with Gasteiger partial charge in [0, 0.05) is 28.4 Å². The second-order valence-electron chi connectivity index (χ2n) is 7.65. The van der Waals surface area contributed by atoms with E-state index in [2.05, 4.69) is 16.3 Å². The highest BCUT2D eigenvalue weighted by Gasteiger charge is 2.22. The van der Waals surface area contributed by atoms with Crippen LogP contribution < -0.4 is 10.1 Å². The van der Waals surface area contributed by atoms with Gasteiger partial charge in [0.05, 0.1) is 13.2 Å². The summed E-state index contributed by atoms with van der Waals surface area (Å²) in [7, 11) is 5.63. The molecule has 1 aromatic heterocycles. The van der Waals surface area contributed by atoms with Gasteiger partial charge in [0.2, 0.25) is 0 Å². The highest BCUT2D eigenvalue weighted by Crippen LogP contribution is 2.32. The quantitative estimate of drug-likeness (QED) is 0.497. The molecule has 0 unspecified atom stereocenters. The van der Waals surface area contributed by atoms with Crippen molar-refractivity contribution in [1.82, 2.24) is 10.2 Å². The van der Waals surface area contributed by atoms with Crippen LogP contribution >= 0.6 is 0 Å². The van der Waals surface area contributed by atoms with E-state index in [0.717, 1.165) is 38.6 Å². The lowest BCUT2D eigenvalue weighted by Crippen LogP contribution is -2.34. The zero-order chi connectivity index (χ0) is 21.3. The fraction of sp³-hybridized carbons (Fsp3) is 0.240. The van der Waals surface area contributed by atoms with Crippen LogP contribution in [0.3, 0.4) is 0 Å². The Morgan fingerprint density at radius 1 is 1.03 bits per heavy atom. The Kier molecular flexibility index (Phi) is 5.46. The molecule has 0 radical (unpaired) electrons. The molecule has 0 fully saturated rings. The minimum absolute atomic E-state index is 0.0318. The molecule has 1 N–H and O–H groups in total. The van der Waals surface area contributed by atoms with Gasteiger partial charge in [-0.05, 0) is 32.5 Å². The van der Waals surface area contributed by atoms with Crippen LogP contribution in [-0.4, -0.2) is 38.6 Å². The topological polar surface area (TPSA) is 54.7 Å². The summed E-state index contributed by atoms with van der Waals surface area (Å²) in [6.45, 7) is 2.36. The van der Waals surface area contributed by atoms with E-state index < -0.39 is 0 Å². The van der Waals surface area contributed by atoms with Gasteiger partial charge in [-0.3, -0.25) is 4.79 Å². The summed E-state index contributed by atoms with van der Waals surface area (Å²) in [6, 6.07) is 20.0. The van der Waals surface area contributed by atoms with Gasteiger partial charge in [-0.2, -0.15) is 0 Å². The number of aryl methyl sites for hydroxylation is 1. The number of ether oxygens (including phenoxy) is 1. The Labute approximate surface area is 176 Å². The molecule has 30 heavy (non-hydrogen) atoms. The van der Waals surface area contributed by atoms with Crippen LogP contribution in [0, 0.1) is 6.92 Å². The molecular formula is C25H26N2O3. The van der Waals surface area contributed by atoms with Crippen LogP contribution in [0.5, 0.6) is 5.75 Å². The number of fused-ring (bicyclic) bond motifs is 3. The number of para-hydroxylation sites is 1. The van der Waals surface area contributed by atoms with Crippen LogP contribution in [0.4, 0.5) is 0 Å². The lowest BCUT2D eigenvalue weighted by atomic mass is 10.0. The van der Waals surface area contributed by atoms with E-state index in [-0.39, 0.29) is 11.9 Å². The minimum atomic E-state index is -0.213. The Morgan fingerprint density at radius 2 is 1.77 bits per heavy atom. The fourth-order valence-corrected chi connectivity index (χ4v) is 3.95. The van der Waals surface area contributed by atoms with Crippen LogP contribution in [0.2, 0.25) is 0 Å². The molecule has 0 aliphatic rings. The smallest absolute Gasteiger partial charge is 0.287 e. The maximum atomic E-state index is 13.0. The maximum Gasteiger partial charge on any atom is 0.287 e. The number of amides is 1. The van der Waals surface area contributed by atoms with E-state index in [1.165, 1.54) is 0 Å². The molecule has 4 rings (SSSR count). The van der Waals surface area contributed by atoms with Crippen molar-refractivity contribution in [2.45, 2.75) is 13.0 Å². The average Bonchev–Trinajstić information content (AvgIpc) is 3.11. The second-order valence-corrected chi connectivity index (χ2v) is 7.65. The average molecular weight is 402 g/mol. The molecule has 154 valence electrons. The molecule has 1 amide bonds. The van der Waals surface area contributed by atoms with Crippen LogP contribution in [0.1, 0.15) is 27.7 Å². The number of likely N-dealkylation sites (N-methyl/N-ethyl adjacent to an activating group) is 1. The first-order valence-corrected chi connectivity index (χ1v) is 9.99. The summed E-state index contributed by atoms with van der Waals surface area (Å²) >= 11 is 0. The number of rotatable bonds is 6. The first kappa shape index (κ1) is 20.0. The van der Waals surface area contributed by atoms with Crippen molar-refractivity contribution >= 4 is 27.6 Å². The SMILES string of the molecule is COc1ccccc1[C@H](CNC(=O)c1oc2c(ccc3ccccc32)c1C)N(C)C. The van der Waals surface area contributed by atoms with Crippen molar-refractivity contribution in [2.75, 3.05) is 27.7 Å². The van der Waals surface area contributed by atoms with Gasteiger partial charge < -0.3 is 19.4 Å². The molecule has 0 saturated heterocycles. The van der Waals surface area contributed by atoms with Crippen molar-refractivity contribution in [3.8, 4) is 5.75 Å². The summed E-state index contributed by atoms with van der Waals surface area (Å²) < 4.78 is 11.6. The largest absolute Gasteiger partial charge is 0.496 e. The van der Waals surface area contributed by atoms with Gasteiger partial charge in [-0.25, -0.2) is 0 Å². The molecular weight excluding hydrogens is 376 g/mol. The molecule has 0 saturated carbocycles. The predicted molar refractivity (Wildman–Crippen MR) is 120 cm³/mol. The highest BCUT2D eigenvalue weighted by atomic mass is 16.5. The summed E-state index contributed by atoms with van der Waals surface area (Å²) in [5, 5.41) is 6.12. The third kappa shape index (κ3) is 3.53. The van der Waals surface area contributed by atoms with Crippen LogP contribution in [0.15, 0.2) is 65.1 Å². The first-order valence-electron chi connectivity index (χ1n) is 9.99. The molecule has 0 aliphatic carbocycles. The second kappa shape index (κ2) is 8.20. The summed E-state index contributed by atoms with van der Waals surface area (Å²) in [6.07, 6.45) is 0.